The van der Waals surface area contributed by atoms with Crippen LogP contribution in [0.25, 0.3) is 11.0 Å². The predicted molar refractivity (Wildman–Crippen MR) is 76.3 cm³/mol. The highest BCUT2D eigenvalue weighted by Crippen LogP contribution is 2.21. The molecular weight excluding hydrogens is 274 g/mol. The molecule has 0 fully saturated rings. The Kier molecular flexibility index (Phi) is 3.33. The summed E-state index contributed by atoms with van der Waals surface area (Å²) in [6.07, 6.45) is 0. The molecule has 0 bridgehead atoms. The summed E-state index contributed by atoms with van der Waals surface area (Å²) in [5.41, 5.74) is 2.96. The van der Waals surface area contributed by atoms with Gasteiger partial charge in [-0.1, -0.05) is 12.1 Å². The van der Waals surface area contributed by atoms with Crippen LogP contribution in [0.1, 0.15) is 17.0 Å². The van der Waals surface area contributed by atoms with E-state index in [1.165, 1.54) is 0 Å². The zero-order chi connectivity index (χ0) is 15.0. The number of aryl methyl sites for hydroxylation is 2. The number of rotatable bonds is 3. The molecule has 2 aromatic carbocycles. The minimum Gasteiger partial charge on any atom is -0.485 e. The molecule has 0 radical (unpaired) electrons. The molecule has 1 heterocycles. The standard InChI is InChI=1S/C16H14F2N2O/c1-9-3-4-10(2)15(5-9)21-8-16-19-13-6-11(17)12(18)7-14(13)20-16/h3-7H,8H2,1-2H3,(H,19,20). The number of H-pyrrole nitrogens is 1. The first kappa shape index (κ1) is 13.5. The molecular formula is C16H14F2N2O. The Morgan fingerprint density at radius 3 is 2.67 bits per heavy atom. The molecule has 108 valence electrons. The summed E-state index contributed by atoms with van der Waals surface area (Å²) < 4.78 is 32.0. The van der Waals surface area contributed by atoms with Crippen molar-refractivity contribution < 1.29 is 13.5 Å². The van der Waals surface area contributed by atoms with E-state index in [1.807, 2.05) is 32.0 Å². The zero-order valence-corrected chi connectivity index (χ0v) is 11.7. The van der Waals surface area contributed by atoms with Crippen molar-refractivity contribution in [2.24, 2.45) is 0 Å². The average Bonchev–Trinajstić information content (AvgIpc) is 2.82. The first-order chi connectivity index (χ1) is 10.0. The SMILES string of the molecule is Cc1ccc(C)c(OCc2nc3cc(F)c(F)cc3[nH]2)c1. The minimum absolute atomic E-state index is 0.211. The van der Waals surface area contributed by atoms with E-state index >= 15 is 0 Å². The van der Waals surface area contributed by atoms with Crippen molar-refractivity contribution in [1.82, 2.24) is 9.97 Å². The van der Waals surface area contributed by atoms with Gasteiger partial charge in [-0.3, -0.25) is 0 Å². The largest absolute Gasteiger partial charge is 0.485 e. The Bertz CT molecular complexity index is 772. The molecule has 5 heteroatoms. The minimum atomic E-state index is -0.906. The van der Waals surface area contributed by atoms with Gasteiger partial charge in [0.1, 0.15) is 18.2 Å². The van der Waals surface area contributed by atoms with Crippen LogP contribution >= 0.6 is 0 Å². The Morgan fingerprint density at radius 2 is 1.86 bits per heavy atom. The summed E-state index contributed by atoms with van der Waals surface area (Å²) in [5.74, 6) is -0.507. The normalized spacial score (nSPS) is 11.0. The number of aromatic amines is 1. The molecule has 21 heavy (non-hydrogen) atoms. The second kappa shape index (κ2) is 5.16. The van der Waals surface area contributed by atoms with Gasteiger partial charge in [0, 0.05) is 12.1 Å². The molecule has 3 aromatic rings. The van der Waals surface area contributed by atoms with Gasteiger partial charge < -0.3 is 9.72 Å². The number of fused-ring (bicyclic) bond motifs is 1. The highest BCUT2D eigenvalue weighted by molar-refractivity contribution is 5.75. The molecule has 3 nitrogen and oxygen atoms in total. The third kappa shape index (κ3) is 2.72. The maximum atomic E-state index is 13.2. The van der Waals surface area contributed by atoms with Gasteiger partial charge in [0.15, 0.2) is 11.6 Å². The van der Waals surface area contributed by atoms with E-state index in [1.54, 1.807) is 0 Å². The number of hydrogen-bond donors (Lipinski definition) is 1. The molecule has 0 unspecified atom stereocenters. The van der Waals surface area contributed by atoms with Crippen LogP contribution in [0.3, 0.4) is 0 Å². The quantitative estimate of drug-likeness (QED) is 0.790. The fourth-order valence-electron chi connectivity index (χ4n) is 2.14. The van der Waals surface area contributed by atoms with Crippen molar-refractivity contribution in [3.63, 3.8) is 0 Å². The van der Waals surface area contributed by atoms with E-state index in [-0.39, 0.29) is 6.61 Å². The van der Waals surface area contributed by atoms with Crippen LogP contribution in [0.4, 0.5) is 8.78 Å². The monoisotopic (exact) mass is 288 g/mol. The van der Waals surface area contributed by atoms with E-state index in [0.29, 0.717) is 16.9 Å². The van der Waals surface area contributed by atoms with E-state index in [0.717, 1.165) is 29.0 Å². The molecule has 0 saturated heterocycles. The smallest absolute Gasteiger partial charge is 0.161 e. The number of nitrogens with one attached hydrogen (secondary N) is 1. The van der Waals surface area contributed by atoms with Gasteiger partial charge in [0.05, 0.1) is 11.0 Å². The summed E-state index contributed by atoms with van der Waals surface area (Å²) in [5, 5.41) is 0. The molecule has 1 N–H and O–H groups in total. The molecule has 0 spiro atoms. The number of ether oxygens (including phenoxy) is 1. The van der Waals surface area contributed by atoms with Crippen LogP contribution in [-0.4, -0.2) is 9.97 Å². The van der Waals surface area contributed by atoms with Gasteiger partial charge in [-0.15, -0.1) is 0 Å². The number of imidazole rings is 1. The predicted octanol–water partition coefficient (Wildman–Crippen LogP) is 4.04. The Balaban J connectivity index is 1.83. The number of halogens is 2. The molecule has 0 atom stereocenters. The molecule has 1 aromatic heterocycles. The molecule has 0 saturated carbocycles. The second-order valence-corrected chi connectivity index (χ2v) is 5.02. The third-order valence-electron chi connectivity index (χ3n) is 3.28. The summed E-state index contributed by atoms with van der Waals surface area (Å²) in [7, 11) is 0. The van der Waals surface area contributed by atoms with Crippen LogP contribution in [0.2, 0.25) is 0 Å². The molecule has 0 amide bonds. The number of benzene rings is 2. The highest BCUT2D eigenvalue weighted by atomic mass is 19.2. The van der Waals surface area contributed by atoms with E-state index in [2.05, 4.69) is 9.97 Å². The van der Waals surface area contributed by atoms with Crippen molar-refractivity contribution in [1.29, 1.82) is 0 Å². The van der Waals surface area contributed by atoms with E-state index < -0.39 is 11.6 Å². The van der Waals surface area contributed by atoms with Crippen molar-refractivity contribution in [3.05, 3.63) is 58.9 Å². The van der Waals surface area contributed by atoms with Gasteiger partial charge in [0.2, 0.25) is 0 Å². The lowest BCUT2D eigenvalue weighted by Gasteiger charge is -2.08. The van der Waals surface area contributed by atoms with Crippen LogP contribution in [0.5, 0.6) is 5.75 Å². The lowest BCUT2D eigenvalue weighted by atomic mass is 10.1. The Morgan fingerprint density at radius 1 is 1.10 bits per heavy atom. The van der Waals surface area contributed by atoms with E-state index in [9.17, 15) is 8.78 Å². The fourth-order valence-corrected chi connectivity index (χ4v) is 2.14. The number of nitrogens with zero attached hydrogens (tertiary/aromatic N) is 1. The summed E-state index contributed by atoms with van der Waals surface area (Å²) in [4.78, 5) is 7.12. The summed E-state index contributed by atoms with van der Waals surface area (Å²) >= 11 is 0. The van der Waals surface area contributed by atoms with Gasteiger partial charge in [-0.2, -0.15) is 0 Å². The van der Waals surface area contributed by atoms with Gasteiger partial charge in [0.25, 0.3) is 0 Å². The van der Waals surface area contributed by atoms with Crippen molar-refractivity contribution >= 4 is 11.0 Å². The van der Waals surface area contributed by atoms with Gasteiger partial charge in [-0.25, -0.2) is 13.8 Å². The topological polar surface area (TPSA) is 37.9 Å². The van der Waals surface area contributed by atoms with E-state index in [4.69, 9.17) is 4.74 Å². The Hall–Kier alpha value is -2.43. The zero-order valence-electron chi connectivity index (χ0n) is 11.7. The lowest BCUT2D eigenvalue weighted by molar-refractivity contribution is 0.295. The molecule has 0 aliphatic carbocycles. The molecule has 0 aliphatic rings. The van der Waals surface area contributed by atoms with Crippen LogP contribution in [0, 0.1) is 25.5 Å². The first-order valence-corrected chi connectivity index (χ1v) is 6.56. The molecule has 0 aliphatic heterocycles. The van der Waals surface area contributed by atoms with Gasteiger partial charge in [-0.05, 0) is 31.0 Å². The second-order valence-electron chi connectivity index (χ2n) is 5.02. The number of aromatic nitrogens is 2. The third-order valence-corrected chi connectivity index (χ3v) is 3.28. The van der Waals surface area contributed by atoms with Crippen molar-refractivity contribution in [2.75, 3.05) is 0 Å². The van der Waals surface area contributed by atoms with Crippen LogP contribution in [-0.2, 0) is 6.61 Å². The highest BCUT2D eigenvalue weighted by Gasteiger charge is 2.09. The van der Waals surface area contributed by atoms with Gasteiger partial charge >= 0.3 is 0 Å². The first-order valence-electron chi connectivity index (χ1n) is 6.56. The van der Waals surface area contributed by atoms with Crippen LogP contribution < -0.4 is 4.74 Å². The summed E-state index contributed by atoms with van der Waals surface area (Å²) in [6.45, 7) is 4.15. The van der Waals surface area contributed by atoms with Crippen LogP contribution in [0.15, 0.2) is 30.3 Å². The van der Waals surface area contributed by atoms with Crippen molar-refractivity contribution in [2.45, 2.75) is 20.5 Å². The molecule has 3 rings (SSSR count). The summed E-state index contributed by atoms with van der Waals surface area (Å²) in [6, 6.07) is 8.10. The lowest BCUT2D eigenvalue weighted by Crippen LogP contribution is -1.99. The fraction of sp³-hybridized carbons (Fsp3) is 0.188. The number of hydrogen-bond acceptors (Lipinski definition) is 2. The Labute approximate surface area is 120 Å². The van der Waals surface area contributed by atoms with Crippen molar-refractivity contribution in [3.8, 4) is 5.75 Å². The maximum absolute atomic E-state index is 13.2. The average molecular weight is 288 g/mol. The maximum Gasteiger partial charge on any atom is 0.161 e.